The van der Waals surface area contributed by atoms with Crippen LogP contribution in [-0.2, 0) is 5.54 Å². The Morgan fingerprint density at radius 1 is 1.29 bits per heavy atom. The highest BCUT2D eigenvalue weighted by Crippen LogP contribution is 2.13. The molecule has 0 aliphatic heterocycles. The minimum Gasteiger partial charge on any atom is -0.387 e. The molecule has 0 saturated carbocycles. The van der Waals surface area contributed by atoms with E-state index < -0.39 is 6.10 Å². The fourth-order valence-electron chi connectivity index (χ4n) is 2.05. The maximum absolute atomic E-state index is 12.3. The first-order chi connectivity index (χ1) is 9.89. The molecule has 0 radical (unpaired) electrons. The van der Waals surface area contributed by atoms with Gasteiger partial charge in [0.1, 0.15) is 0 Å². The van der Waals surface area contributed by atoms with Crippen molar-refractivity contribution in [1.82, 2.24) is 9.55 Å². The molecule has 112 valence electrons. The Hall–Kier alpha value is -2.14. The van der Waals surface area contributed by atoms with Crippen LogP contribution in [0.4, 0.5) is 5.82 Å². The molecule has 1 atom stereocenters. The van der Waals surface area contributed by atoms with Gasteiger partial charge in [-0.2, -0.15) is 0 Å². The maximum atomic E-state index is 12.3. The molecule has 1 heterocycles. The molecule has 0 bridgehead atoms. The Morgan fingerprint density at radius 3 is 2.57 bits per heavy atom. The lowest BCUT2D eigenvalue weighted by atomic mass is 10.1. The highest BCUT2D eigenvalue weighted by molar-refractivity contribution is 5.32. The van der Waals surface area contributed by atoms with Crippen LogP contribution in [0.15, 0.2) is 47.5 Å². The van der Waals surface area contributed by atoms with Gasteiger partial charge in [-0.05, 0) is 26.3 Å². The highest BCUT2D eigenvalue weighted by Gasteiger charge is 2.17. The van der Waals surface area contributed by atoms with Crippen molar-refractivity contribution in [1.29, 1.82) is 0 Å². The van der Waals surface area contributed by atoms with Gasteiger partial charge < -0.3 is 15.0 Å². The summed E-state index contributed by atoms with van der Waals surface area (Å²) in [5.41, 5.74) is 0.302. The molecule has 2 N–H and O–H groups in total. The Morgan fingerprint density at radius 2 is 1.95 bits per heavy atom. The number of aromatic nitrogens is 2. The second-order valence-electron chi connectivity index (χ2n) is 5.93. The van der Waals surface area contributed by atoms with Gasteiger partial charge in [0.25, 0.3) is 5.56 Å². The van der Waals surface area contributed by atoms with Crippen molar-refractivity contribution in [2.24, 2.45) is 0 Å². The largest absolute Gasteiger partial charge is 0.387 e. The number of hydrogen-bond donors (Lipinski definition) is 2. The van der Waals surface area contributed by atoms with Crippen LogP contribution >= 0.6 is 0 Å². The number of nitrogens with one attached hydrogen (secondary N) is 1. The number of nitrogens with zero attached hydrogens (tertiary/aromatic N) is 2. The smallest absolute Gasteiger partial charge is 0.293 e. The van der Waals surface area contributed by atoms with Crippen molar-refractivity contribution in [3.8, 4) is 0 Å². The zero-order valence-corrected chi connectivity index (χ0v) is 12.6. The summed E-state index contributed by atoms with van der Waals surface area (Å²) in [4.78, 5) is 16.4. The minimum absolute atomic E-state index is 0.190. The average molecular weight is 287 g/mol. The van der Waals surface area contributed by atoms with E-state index >= 15 is 0 Å². The summed E-state index contributed by atoms with van der Waals surface area (Å²) in [6.45, 7) is 6.10. The van der Waals surface area contributed by atoms with Gasteiger partial charge in [0, 0.05) is 24.5 Å². The SMILES string of the molecule is CC(C)(C)n1ccnc(NCC(O)c2ccccc2)c1=O. The summed E-state index contributed by atoms with van der Waals surface area (Å²) < 4.78 is 1.62. The Balaban J connectivity index is 2.13. The molecule has 0 amide bonds. The van der Waals surface area contributed by atoms with Crippen molar-refractivity contribution in [3.63, 3.8) is 0 Å². The molecule has 5 nitrogen and oxygen atoms in total. The highest BCUT2D eigenvalue weighted by atomic mass is 16.3. The lowest BCUT2D eigenvalue weighted by Crippen LogP contribution is -2.35. The molecule has 0 saturated heterocycles. The van der Waals surface area contributed by atoms with Gasteiger partial charge in [-0.1, -0.05) is 30.3 Å². The third kappa shape index (κ3) is 3.70. The number of rotatable bonds is 4. The van der Waals surface area contributed by atoms with E-state index in [-0.39, 0.29) is 23.5 Å². The topological polar surface area (TPSA) is 67.2 Å². The van der Waals surface area contributed by atoms with E-state index in [0.717, 1.165) is 5.56 Å². The van der Waals surface area contributed by atoms with Crippen LogP contribution in [0, 0.1) is 0 Å². The zero-order valence-electron chi connectivity index (χ0n) is 12.6. The lowest BCUT2D eigenvalue weighted by Gasteiger charge is -2.22. The molecular formula is C16H21N3O2. The van der Waals surface area contributed by atoms with E-state index in [9.17, 15) is 9.90 Å². The summed E-state index contributed by atoms with van der Waals surface area (Å²) in [6, 6.07) is 9.32. The standard InChI is InChI=1S/C16H21N3O2/c1-16(2,3)19-10-9-17-14(15(19)21)18-11-13(20)12-7-5-4-6-8-12/h4-10,13,20H,11H2,1-3H3,(H,17,18). The summed E-state index contributed by atoms with van der Waals surface area (Å²) in [6.07, 6.45) is 2.57. The summed E-state index contributed by atoms with van der Waals surface area (Å²) in [5.74, 6) is 0.252. The molecule has 0 fully saturated rings. The summed E-state index contributed by atoms with van der Waals surface area (Å²) >= 11 is 0. The van der Waals surface area contributed by atoms with Crippen molar-refractivity contribution < 1.29 is 5.11 Å². The van der Waals surface area contributed by atoms with Crippen LogP contribution in [-0.4, -0.2) is 21.2 Å². The van der Waals surface area contributed by atoms with Crippen LogP contribution in [0.2, 0.25) is 0 Å². The maximum Gasteiger partial charge on any atom is 0.293 e. The first-order valence-corrected chi connectivity index (χ1v) is 6.94. The van der Waals surface area contributed by atoms with Crippen molar-refractivity contribution in [2.75, 3.05) is 11.9 Å². The fourth-order valence-corrected chi connectivity index (χ4v) is 2.05. The van der Waals surface area contributed by atoms with Crippen LogP contribution < -0.4 is 10.9 Å². The Labute approximate surface area is 124 Å². The van der Waals surface area contributed by atoms with Crippen molar-refractivity contribution >= 4 is 5.82 Å². The first-order valence-electron chi connectivity index (χ1n) is 6.94. The normalized spacial score (nSPS) is 13.0. The van der Waals surface area contributed by atoms with Crippen LogP contribution in [0.1, 0.15) is 32.4 Å². The van der Waals surface area contributed by atoms with E-state index in [1.807, 2.05) is 51.1 Å². The van der Waals surface area contributed by atoms with Gasteiger partial charge in [-0.25, -0.2) is 4.98 Å². The van der Waals surface area contributed by atoms with Gasteiger partial charge in [0.15, 0.2) is 5.82 Å². The minimum atomic E-state index is -0.685. The predicted octanol–water partition coefficient (Wildman–Crippen LogP) is 2.14. The van der Waals surface area contributed by atoms with Gasteiger partial charge >= 0.3 is 0 Å². The number of anilines is 1. The first kappa shape index (κ1) is 15.3. The summed E-state index contributed by atoms with van der Waals surface area (Å²) in [7, 11) is 0. The third-order valence-corrected chi connectivity index (χ3v) is 3.21. The number of hydrogen-bond acceptors (Lipinski definition) is 4. The van der Waals surface area contributed by atoms with Crippen molar-refractivity contribution in [3.05, 3.63) is 58.6 Å². The van der Waals surface area contributed by atoms with Crippen LogP contribution in [0.3, 0.4) is 0 Å². The van der Waals surface area contributed by atoms with E-state index in [4.69, 9.17) is 0 Å². The van der Waals surface area contributed by atoms with Gasteiger partial charge in [0.2, 0.25) is 0 Å². The third-order valence-electron chi connectivity index (χ3n) is 3.21. The molecule has 0 aliphatic carbocycles. The molecule has 2 aromatic rings. The molecular weight excluding hydrogens is 266 g/mol. The van der Waals surface area contributed by atoms with E-state index in [1.165, 1.54) is 0 Å². The second kappa shape index (κ2) is 6.10. The van der Waals surface area contributed by atoms with Crippen LogP contribution in [0.5, 0.6) is 0 Å². The van der Waals surface area contributed by atoms with Gasteiger partial charge in [0.05, 0.1) is 6.10 Å². The molecule has 5 heteroatoms. The van der Waals surface area contributed by atoms with Crippen molar-refractivity contribution in [2.45, 2.75) is 32.4 Å². The summed E-state index contributed by atoms with van der Waals surface area (Å²) in [5, 5.41) is 13.0. The van der Waals surface area contributed by atoms with Gasteiger partial charge in [-0.3, -0.25) is 4.79 Å². The second-order valence-corrected chi connectivity index (χ2v) is 5.93. The predicted molar refractivity (Wildman–Crippen MR) is 83.4 cm³/mol. The average Bonchev–Trinajstić information content (AvgIpc) is 2.45. The molecule has 0 spiro atoms. The van der Waals surface area contributed by atoms with Gasteiger partial charge in [-0.15, -0.1) is 0 Å². The molecule has 1 aromatic carbocycles. The molecule has 1 aromatic heterocycles. The monoisotopic (exact) mass is 287 g/mol. The molecule has 21 heavy (non-hydrogen) atoms. The lowest BCUT2D eigenvalue weighted by molar-refractivity contribution is 0.191. The number of benzene rings is 1. The quantitative estimate of drug-likeness (QED) is 0.904. The van der Waals surface area contributed by atoms with E-state index in [0.29, 0.717) is 0 Å². The number of aliphatic hydroxyl groups excluding tert-OH is 1. The van der Waals surface area contributed by atoms with E-state index in [2.05, 4.69) is 10.3 Å². The molecule has 0 aliphatic rings. The Bertz CT molecular complexity index is 645. The van der Waals surface area contributed by atoms with E-state index in [1.54, 1.807) is 17.0 Å². The zero-order chi connectivity index (χ0) is 15.5. The Kier molecular flexibility index (Phi) is 4.43. The van der Waals surface area contributed by atoms with Crippen LogP contribution in [0.25, 0.3) is 0 Å². The number of aliphatic hydroxyl groups is 1. The molecule has 1 unspecified atom stereocenters. The molecule has 2 rings (SSSR count). The fraction of sp³-hybridized carbons (Fsp3) is 0.375.